The number of benzene rings is 1. The third kappa shape index (κ3) is 5.37. The standard InChI is InChI=1S/C18H27N5O3/c1-6-25-15-11-13(7-8-14(15)24-5)21-18(19-4)20-10-9-16-22-17(12(2)3)23-26-16/h7-8,11-12H,6,9-10H2,1-5H3,(H2,19,20,21). The molecule has 0 saturated heterocycles. The summed E-state index contributed by atoms with van der Waals surface area (Å²) in [6.45, 7) is 7.18. The second kappa shape index (κ2) is 9.65. The first kappa shape index (κ1) is 19.6. The van der Waals surface area contributed by atoms with Crippen LogP contribution in [0, 0.1) is 0 Å². The Bertz CT molecular complexity index is 727. The van der Waals surface area contributed by atoms with Crippen LogP contribution in [0.25, 0.3) is 0 Å². The van der Waals surface area contributed by atoms with Crippen LogP contribution < -0.4 is 20.1 Å². The van der Waals surface area contributed by atoms with Crippen molar-refractivity contribution in [1.29, 1.82) is 0 Å². The third-order valence-corrected chi connectivity index (χ3v) is 3.58. The number of guanidine groups is 1. The van der Waals surface area contributed by atoms with Gasteiger partial charge >= 0.3 is 0 Å². The molecule has 1 aromatic carbocycles. The van der Waals surface area contributed by atoms with Gasteiger partial charge in [0.1, 0.15) is 0 Å². The van der Waals surface area contributed by atoms with Crippen LogP contribution in [-0.4, -0.2) is 43.4 Å². The lowest BCUT2D eigenvalue weighted by molar-refractivity contribution is 0.311. The normalized spacial score (nSPS) is 11.5. The summed E-state index contributed by atoms with van der Waals surface area (Å²) in [4.78, 5) is 8.58. The largest absolute Gasteiger partial charge is 0.493 e. The van der Waals surface area contributed by atoms with Crippen molar-refractivity contribution in [3.05, 3.63) is 29.9 Å². The maximum Gasteiger partial charge on any atom is 0.228 e. The topological polar surface area (TPSA) is 93.8 Å². The zero-order valence-corrected chi connectivity index (χ0v) is 16.0. The SMILES string of the molecule is CCOc1cc(NC(=NC)NCCc2nc(C(C)C)no2)ccc1OC. The Morgan fingerprint density at radius 3 is 2.73 bits per heavy atom. The fourth-order valence-electron chi connectivity index (χ4n) is 2.23. The number of hydrogen-bond donors (Lipinski definition) is 2. The Kier molecular flexibility index (Phi) is 7.25. The molecular formula is C18H27N5O3. The van der Waals surface area contributed by atoms with Crippen molar-refractivity contribution in [2.75, 3.05) is 32.6 Å². The zero-order valence-electron chi connectivity index (χ0n) is 16.0. The molecule has 1 aromatic heterocycles. The molecule has 0 bridgehead atoms. The Morgan fingerprint density at radius 1 is 1.31 bits per heavy atom. The predicted molar refractivity (Wildman–Crippen MR) is 101 cm³/mol. The van der Waals surface area contributed by atoms with Crippen LogP contribution in [0.3, 0.4) is 0 Å². The summed E-state index contributed by atoms with van der Waals surface area (Å²) in [6, 6.07) is 5.63. The molecular weight excluding hydrogens is 334 g/mol. The lowest BCUT2D eigenvalue weighted by atomic mass is 10.2. The van der Waals surface area contributed by atoms with Crippen LogP contribution in [-0.2, 0) is 6.42 Å². The second-order valence-electron chi connectivity index (χ2n) is 5.87. The van der Waals surface area contributed by atoms with Gasteiger partial charge in [0.05, 0.1) is 13.7 Å². The van der Waals surface area contributed by atoms with E-state index in [0.717, 1.165) is 11.5 Å². The minimum Gasteiger partial charge on any atom is -0.493 e. The molecule has 8 nitrogen and oxygen atoms in total. The molecule has 0 atom stereocenters. The van der Waals surface area contributed by atoms with E-state index in [1.807, 2.05) is 39.0 Å². The Balaban J connectivity index is 1.91. The summed E-state index contributed by atoms with van der Waals surface area (Å²) in [5, 5.41) is 10.4. The lowest BCUT2D eigenvalue weighted by Crippen LogP contribution is -2.32. The number of anilines is 1. The van der Waals surface area contributed by atoms with Gasteiger partial charge in [0.2, 0.25) is 5.89 Å². The third-order valence-electron chi connectivity index (χ3n) is 3.58. The van der Waals surface area contributed by atoms with E-state index >= 15 is 0 Å². The summed E-state index contributed by atoms with van der Waals surface area (Å²) >= 11 is 0. The van der Waals surface area contributed by atoms with Crippen molar-refractivity contribution in [3.63, 3.8) is 0 Å². The van der Waals surface area contributed by atoms with E-state index in [-0.39, 0.29) is 5.92 Å². The smallest absolute Gasteiger partial charge is 0.228 e. The van der Waals surface area contributed by atoms with Gasteiger partial charge in [0, 0.05) is 37.7 Å². The average Bonchev–Trinajstić information content (AvgIpc) is 3.10. The van der Waals surface area contributed by atoms with Gasteiger partial charge in [-0.15, -0.1) is 0 Å². The maximum absolute atomic E-state index is 5.59. The number of nitrogens with zero attached hydrogens (tertiary/aromatic N) is 3. The summed E-state index contributed by atoms with van der Waals surface area (Å²) in [6.07, 6.45) is 0.618. The minimum absolute atomic E-state index is 0.254. The molecule has 1 heterocycles. The van der Waals surface area contributed by atoms with Gasteiger partial charge in [-0.2, -0.15) is 4.98 Å². The van der Waals surface area contributed by atoms with Crippen LogP contribution >= 0.6 is 0 Å². The molecule has 8 heteroatoms. The van der Waals surface area contributed by atoms with Crippen molar-refractivity contribution in [2.24, 2.45) is 4.99 Å². The highest BCUT2D eigenvalue weighted by Gasteiger charge is 2.10. The van der Waals surface area contributed by atoms with E-state index in [4.69, 9.17) is 14.0 Å². The van der Waals surface area contributed by atoms with Crippen LogP contribution in [0.15, 0.2) is 27.7 Å². The van der Waals surface area contributed by atoms with Gasteiger partial charge in [-0.1, -0.05) is 19.0 Å². The first-order valence-corrected chi connectivity index (χ1v) is 8.68. The number of hydrogen-bond acceptors (Lipinski definition) is 6. The van der Waals surface area contributed by atoms with Crippen molar-refractivity contribution in [3.8, 4) is 11.5 Å². The molecule has 2 aromatic rings. The molecule has 0 radical (unpaired) electrons. The summed E-state index contributed by atoms with van der Waals surface area (Å²) in [5.41, 5.74) is 0.849. The molecule has 2 rings (SSSR count). The highest BCUT2D eigenvalue weighted by atomic mass is 16.5. The fraction of sp³-hybridized carbons (Fsp3) is 0.500. The van der Waals surface area contributed by atoms with E-state index in [1.165, 1.54) is 0 Å². The molecule has 0 spiro atoms. The van der Waals surface area contributed by atoms with Crippen molar-refractivity contribution >= 4 is 11.6 Å². The second-order valence-corrected chi connectivity index (χ2v) is 5.87. The van der Waals surface area contributed by atoms with Gasteiger partial charge in [-0.05, 0) is 19.1 Å². The van der Waals surface area contributed by atoms with Gasteiger partial charge in [-0.25, -0.2) is 0 Å². The van der Waals surface area contributed by atoms with E-state index in [0.29, 0.717) is 42.9 Å². The highest BCUT2D eigenvalue weighted by molar-refractivity contribution is 5.93. The number of nitrogens with one attached hydrogen (secondary N) is 2. The molecule has 0 aliphatic heterocycles. The monoisotopic (exact) mass is 361 g/mol. The molecule has 0 aliphatic rings. The van der Waals surface area contributed by atoms with Crippen LogP contribution in [0.2, 0.25) is 0 Å². The molecule has 2 N–H and O–H groups in total. The number of rotatable bonds is 8. The molecule has 0 saturated carbocycles. The first-order chi connectivity index (χ1) is 12.6. The van der Waals surface area contributed by atoms with Crippen molar-refractivity contribution < 1.29 is 14.0 Å². The molecule has 0 amide bonds. The summed E-state index contributed by atoms with van der Waals surface area (Å²) in [7, 11) is 3.33. The van der Waals surface area contributed by atoms with Crippen molar-refractivity contribution in [1.82, 2.24) is 15.5 Å². The Morgan fingerprint density at radius 2 is 2.12 bits per heavy atom. The number of aromatic nitrogens is 2. The van der Waals surface area contributed by atoms with Crippen LogP contribution in [0.5, 0.6) is 11.5 Å². The predicted octanol–water partition coefficient (Wildman–Crippen LogP) is 2.83. The summed E-state index contributed by atoms with van der Waals surface area (Å²) < 4.78 is 16.1. The van der Waals surface area contributed by atoms with Crippen LogP contribution in [0.1, 0.15) is 38.4 Å². The number of aliphatic imine (C=N–C) groups is 1. The maximum atomic E-state index is 5.59. The molecule has 0 unspecified atom stereocenters. The highest BCUT2D eigenvalue weighted by Crippen LogP contribution is 2.30. The molecule has 26 heavy (non-hydrogen) atoms. The van der Waals surface area contributed by atoms with Gasteiger partial charge in [-0.3, -0.25) is 4.99 Å². The van der Waals surface area contributed by atoms with Crippen molar-refractivity contribution in [2.45, 2.75) is 33.1 Å². The fourth-order valence-corrected chi connectivity index (χ4v) is 2.23. The molecule has 0 fully saturated rings. The van der Waals surface area contributed by atoms with Crippen LogP contribution in [0.4, 0.5) is 5.69 Å². The quantitative estimate of drug-likeness (QED) is 0.551. The molecule has 0 aliphatic carbocycles. The van der Waals surface area contributed by atoms with Gasteiger partial charge in [0.15, 0.2) is 23.3 Å². The molecule has 142 valence electrons. The lowest BCUT2D eigenvalue weighted by Gasteiger charge is -2.14. The van der Waals surface area contributed by atoms with Gasteiger partial charge in [0.25, 0.3) is 0 Å². The minimum atomic E-state index is 0.254. The van der Waals surface area contributed by atoms with E-state index in [1.54, 1.807) is 14.2 Å². The Hall–Kier alpha value is -2.77. The van der Waals surface area contributed by atoms with E-state index in [9.17, 15) is 0 Å². The van der Waals surface area contributed by atoms with E-state index in [2.05, 4.69) is 25.8 Å². The first-order valence-electron chi connectivity index (χ1n) is 8.68. The number of ether oxygens (including phenoxy) is 2. The van der Waals surface area contributed by atoms with Gasteiger partial charge < -0.3 is 24.6 Å². The van der Waals surface area contributed by atoms with E-state index < -0.39 is 0 Å². The Labute approximate surface area is 154 Å². The summed E-state index contributed by atoms with van der Waals surface area (Å²) in [5.74, 6) is 3.61. The zero-order chi connectivity index (χ0) is 18.9. The number of methoxy groups -OCH3 is 1. The average molecular weight is 361 g/mol.